The van der Waals surface area contributed by atoms with Gasteiger partial charge in [0.1, 0.15) is 11.5 Å². The van der Waals surface area contributed by atoms with Crippen molar-refractivity contribution < 1.29 is 4.39 Å². The van der Waals surface area contributed by atoms with Crippen molar-refractivity contribution in [1.82, 2.24) is 19.3 Å². The van der Waals surface area contributed by atoms with Gasteiger partial charge in [0.05, 0.1) is 17.5 Å². The van der Waals surface area contributed by atoms with E-state index in [1.165, 1.54) is 10.7 Å². The largest absolute Gasteiger partial charge is 0.286 e. The summed E-state index contributed by atoms with van der Waals surface area (Å²) in [6.45, 7) is 0.646. The molecular formula is C15H11FN4OS. The fourth-order valence-electron chi connectivity index (χ4n) is 2.52. The molecule has 0 unspecified atom stereocenters. The molecule has 0 N–H and O–H groups in total. The number of para-hydroxylation sites is 1. The van der Waals surface area contributed by atoms with Gasteiger partial charge in [0.2, 0.25) is 0 Å². The summed E-state index contributed by atoms with van der Waals surface area (Å²) in [5.41, 5.74) is 1.15. The maximum Gasteiger partial charge on any atom is 0.263 e. The summed E-state index contributed by atoms with van der Waals surface area (Å²) in [5.74, 6) is 0.454. The van der Waals surface area contributed by atoms with E-state index in [9.17, 15) is 9.18 Å². The molecule has 1 aliphatic heterocycles. The number of fused-ring (bicyclic) bond motifs is 1. The lowest BCUT2D eigenvalue weighted by molar-refractivity contribution is 0.611. The smallest absolute Gasteiger partial charge is 0.263 e. The van der Waals surface area contributed by atoms with E-state index in [0.717, 1.165) is 10.9 Å². The highest BCUT2D eigenvalue weighted by Crippen LogP contribution is 2.25. The fourth-order valence-corrected chi connectivity index (χ4v) is 3.43. The molecule has 1 aliphatic rings. The van der Waals surface area contributed by atoms with Gasteiger partial charge in [-0.2, -0.15) is 5.10 Å². The van der Waals surface area contributed by atoms with Gasteiger partial charge in [0.25, 0.3) is 5.56 Å². The van der Waals surface area contributed by atoms with Crippen LogP contribution in [0.25, 0.3) is 16.9 Å². The monoisotopic (exact) mass is 314 g/mol. The van der Waals surface area contributed by atoms with Crippen molar-refractivity contribution in [2.24, 2.45) is 0 Å². The summed E-state index contributed by atoms with van der Waals surface area (Å²) in [6.07, 6.45) is 3.09. The van der Waals surface area contributed by atoms with Crippen LogP contribution < -0.4 is 5.56 Å². The molecule has 0 amide bonds. The van der Waals surface area contributed by atoms with E-state index >= 15 is 0 Å². The van der Waals surface area contributed by atoms with Crippen LogP contribution in [0.5, 0.6) is 0 Å². The van der Waals surface area contributed by atoms with E-state index in [1.807, 2.05) is 0 Å². The summed E-state index contributed by atoms with van der Waals surface area (Å²) in [6, 6.07) is 8.03. The summed E-state index contributed by atoms with van der Waals surface area (Å²) < 4.78 is 17.1. The minimum Gasteiger partial charge on any atom is -0.286 e. The number of rotatable bonds is 2. The Hall–Kier alpha value is -2.41. The Morgan fingerprint density at radius 2 is 2.09 bits per heavy atom. The normalized spacial score (nSPS) is 13.3. The standard InChI is InChI=1S/C15H11FN4OS/c16-11-3-1-2-4-13(11)20-12(5-6-18-20)10-9-17-15-19(14(10)21)7-8-22-15/h1-6,9H,7-8H2. The molecule has 0 aliphatic carbocycles. The van der Waals surface area contributed by atoms with Crippen LogP contribution in [0, 0.1) is 5.82 Å². The fraction of sp³-hybridized carbons (Fsp3) is 0.133. The SMILES string of the molecule is O=c1c(-c2ccnn2-c2ccccc2F)cnc2n1CCS2. The number of thioether (sulfide) groups is 1. The number of benzene rings is 1. The third-order valence-electron chi connectivity index (χ3n) is 3.56. The molecule has 4 rings (SSSR count). The van der Waals surface area contributed by atoms with E-state index in [0.29, 0.717) is 23.5 Å². The van der Waals surface area contributed by atoms with Gasteiger partial charge in [0, 0.05) is 18.5 Å². The first-order valence-corrected chi connectivity index (χ1v) is 7.76. The van der Waals surface area contributed by atoms with Gasteiger partial charge in [-0.05, 0) is 18.2 Å². The highest BCUT2D eigenvalue weighted by molar-refractivity contribution is 7.99. The van der Waals surface area contributed by atoms with Crippen molar-refractivity contribution in [3.05, 3.63) is 58.9 Å². The van der Waals surface area contributed by atoms with Gasteiger partial charge >= 0.3 is 0 Å². The van der Waals surface area contributed by atoms with Crippen LogP contribution in [-0.2, 0) is 6.54 Å². The number of aromatic nitrogens is 4. The summed E-state index contributed by atoms with van der Waals surface area (Å²) in [7, 11) is 0. The van der Waals surface area contributed by atoms with Crippen molar-refractivity contribution >= 4 is 11.8 Å². The number of hydrogen-bond donors (Lipinski definition) is 0. The molecule has 0 fully saturated rings. The topological polar surface area (TPSA) is 52.7 Å². The molecule has 22 heavy (non-hydrogen) atoms. The van der Waals surface area contributed by atoms with Crippen LogP contribution in [0.2, 0.25) is 0 Å². The first-order valence-electron chi connectivity index (χ1n) is 6.77. The Morgan fingerprint density at radius 3 is 2.95 bits per heavy atom. The van der Waals surface area contributed by atoms with Gasteiger partial charge in [-0.1, -0.05) is 23.9 Å². The molecular weight excluding hydrogens is 303 g/mol. The number of hydrogen-bond acceptors (Lipinski definition) is 4. The van der Waals surface area contributed by atoms with Crippen molar-refractivity contribution in [2.45, 2.75) is 11.7 Å². The van der Waals surface area contributed by atoms with Gasteiger partial charge in [-0.3, -0.25) is 9.36 Å². The second-order valence-electron chi connectivity index (χ2n) is 4.84. The maximum absolute atomic E-state index is 14.0. The van der Waals surface area contributed by atoms with Gasteiger partial charge in [0.15, 0.2) is 5.16 Å². The molecule has 0 atom stereocenters. The lowest BCUT2D eigenvalue weighted by Gasteiger charge is -2.09. The third kappa shape index (κ3) is 1.97. The molecule has 3 aromatic rings. The minimum absolute atomic E-state index is 0.118. The van der Waals surface area contributed by atoms with Crippen LogP contribution in [0.3, 0.4) is 0 Å². The van der Waals surface area contributed by atoms with Crippen molar-refractivity contribution in [2.75, 3.05) is 5.75 Å². The predicted molar refractivity (Wildman–Crippen MR) is 81.7 cm³/mol. The lowest BCUT2D eigenvalue weighted by atomic mass is 10.2. The Kier molecular flexibility index (Phi) is 3.07. The zero-order chi connectivity index (χ0) is 15.1. The Bertz CT molecular complexity index is 918. The first kappa shape index (κ1) is 13.3. The van der Waals surface area contributed by atoms with E-state index in [1.54, 1.807) is 53.0 Å². The van der Waals surface area contributed by atoms with E-state index in [2.05, 4.69) is 10.1 Å². The molecule has 2 aromatic heterocycles. The highest BCUT2D eigenvalue weighted by atomic mass is 32.2. The van der Waals surface area contributed by atoms with Crippen LogP contribution in [0.15, 0.2) is 52.7 Å². The van der Waals surface area contributed by atoms with Gasteiger partial charge in [-0.15, -0.1) is 0 Å². The van der Waals surface area contributed by atoms with Crippen LogP contribution in [-0.4, -0.2) is 25.1 Å². The molecule has 110 valence electrons. The average Bonchev–Trinajstić information content (AvgIpc) is 3.17. The quantitative estimate of drug-likeness (QED) is 0.681. The Labute approximate surface area is 129 Å². The number of nitrogens with zero attached hydrogens (tertiary/aromatic N) is 4. The van der Waals surface area contributed by atoms with E-state index < -0.39 is 5.82 Å². The molecule has 5 nitrogen and oxygen atoms in total. The van der Waals surface area contributed by atoms with Crippen LogP contribution in [0.1, 0.15) is 0 Å². The van der Waals surface area contributed by atoms with Crippen LogP contribution in [0.4, 0.5) is 4.39 Å². The van der Waals surface area contributed by atoms with E-state index in [-0.39, 0.29) is 5.56 Å². The predicted octanol–water partition coefficient (Wildman–Crippen LogP) is 2.34. The second-order valence-corrected chi connectivity index (χ2v) is 5.90. The molecule has 0 spiro atoms. The molecule has 7 heteroatoms. The molecule has 0 radical (unpaired) electrons. The summed E-state index contributed by atoms with van der Waals surface area (Å²) in [5, 5.41) is 4.88. The highest BCUT2D eigenvalue weighted by Gasteiger charge is 2.20. The van der Waals surface area contributed by atoms with Crippen LogP contribution >= 0.6 is 11.8 Å². The zero-order valence-electron chi connectivity index (χ0n) is 11.4. The first-order chi connectivity index (χ1) is 10.8. The minimum atomic E-state index is -0.391. The van der Waals surface area contributed by atoms with Crippen molar-refractivity contribution in [3.8, 4) is 16.9 Å². The maximum atomic E-state index is 14.0. The Morgan fingerprint density at radius 1 is 1.23 bits per heavy atom. The molecule has 3 heterocycles. The zero-order valence-corrected chi connectivity index (χ0v) is 12.3. The number of halogens is 1. The van der Waals surface area contributed by atoms with Gasteiger partial charge < -0.3 is 0 Å². The molecule has 1 aromatic carbocycles. The third-order valence-corrected chi connectivity index (χ3v) is 4.53. The van der Waals surface area contributed by atoms with Gasteiger partial charge in [-0.25, -0.2) is 14.1 Å². The second kappa shape index (κ2) is 5.10. The molecule has 0 saturated carbocycles. The summed E-state index contributed by atoms with van der Waals surface area (Å²) >= 11 is 1.56. The molecule has 0 saturated heterocycles. The van der Waals surface area contributed by atoms with Crippen molar-refractivity contribution in [1.29, 1.82) is 0 Å². The average molecular weight is 314 g/mol. The summed E-state index contributed by atoms with van der Waals surface area (Å²) in [4.78, 5) is 16.9. The Balaban J connectivity index is 1.92. The van der Waals surface area contributed by atoms with Crippen molar-refractivity contribution in [3.63, 3.8) is 0 Å². The van der Waals surface area contributed by atoms with E-state index in [4.69, 9.17) is 0 Å². The molecule has 0 bridgehead atoms. The lowest BCUT2D eigenvalue weighted by Crippen LogP contribution is -2.22.